The number of nitrogens with zero attached hydrogens (tertiary/aromatic N) is 5. The van der Waals surface area contributed by atoms with E-state index in [0.29, 0.717) is 51.3 Å². The number of hydrogen-bond acceptors (Lipinski definition) is 4. The summed E-state index contributed by atoms with van der Waals surface area (Å²) in [5.41, 5.74) is 4.12. The largest absolute Gasteiger partial charge is 0.368 e. The smallest absolute Gasteiger partial charge is 0.261 e. The number of para-hydroxylation sites is 1. The summed E-state index contributed by atoms with van der Waals surface area (Å²) in [6.07, 6.45) is 4.71. The molecule has 4 aromatic rings. The predicted molar refractivity (Wildman–Crippen MR) is 190 cm³/mol. The average molecular weight is 658 g/mol. The second kappa shape index (κ2) is 12.6. The molecule has 2 heterocycles. The number of rotatable bonds is 6. The first-order valence-electron chi connectivity index (χ1n) is 16.5. The van der Waals surface area contributed by atoms with Crippen molar-refractivity contribution in [2.24, 2.45) is 28.2 Å². The van der Waals surface area contributed by atoms with Crippen molar-refractivity contribution in [2.75, 3.05) is 36.4 Å². The molecule has 0 radical (unpaired) electrons. The fraction of sp³-hybridized carbons (Fsp3) is 0.432. The summed E-state index contributed by atoms with van der Waals surface area (Å²) in [6.45, 7) is 11.4. The van der Waals surface area contributed by atoms with Crippen LogP contribution in [0.5, 0.6) is 0 Å². The fourth-order valence-corrected chi connectivity index (χ4v) is 8.45. The van der Waals surface area contributed by atoms with Crippen molar-refractivity contribution in [2.45, 2.75) is 52.6 Å². The molecule has 240 valence electrons. The molecule has 4 fully saturated rings. The molecule has 1 aliphatic heterocycles. The van der Waals surface area contributed by atoms with Gasteiger partial charge in [-0.15, -0.1) is 0 Å². The maximum atomic E-state index is 13.4. The van der Waals surface area contributed by atoms with E-state index in [9.17, 15) is 4.79 Å². The lowest BCUT2D eigenvalue weighted by Gasteiger charge is -2.61. The summed E-state index contributed by atoms with van der Waals surface area (Å²) in [6, 6.07) is 22.2. The van der Waals surface area contributed by atoms with Crippen LogP contribution in [0, 0.1) is 23.2 Å². The van der Waals surface area contributed by atoms with Crippen LogP contribution in [0.15, 0.2) is 82.8 Å². The standard InChI is InChI=1S/C37H42Cl2N6O/c1-24-31-19-26(37(31,2)3)20-33(24)42-36(44-17-15-43(16-18-44)29-7-5-4-6-8-29)41-28-11-12-30-34(22-28)40-23-45(35(30)46)14-13-25-9-10-27(38)21-32(25)39/h4-12,21-24,26,31,33H,13-20H2,1-3H3,(H,41,42)/t24-,26-,31+,33-/m0/s1. The third kappa shape index (κ3) is 6.00. The molecule has 4 atom stereocenters. The molecule has 1 saturated heterocycles. The molecule has 46 heavy (non-hydrogen) atoms. The van der Waals surface area contributed by atoms with Crippen LogP contribution in [-0.4, -0.2) is 52.6 Å². The van der Waals surface area contributed by atoms with Gasteiger partial charge in [-0.1, -0.05) is 68.2 Å². The van der Waals surface area contributed by atoms with Crippen LogP contribution in [0.3, 0.4) is 0 Å². The van der Waals surface area contributed by atoms with Gasteiger partial charge in [0.1, 0.15) is 0 Å². The van der Waals surface area contributed by atoms with Gasteiger partial charge < -0.3 is 15.1 Å². The Morgan fingerprint density at radius 3 is 2.50 bits per heavy atom. The van der Waals surface area contributed by atoms with Gasteiger partial charge in [-0.25, -0.2) is 9.98 Å². The highest BCUT2D eigenvalue weighted by atomic mass is 35.5. The van der Waals surface area contributed by atoms with Crippen LogP contribution in [0.4, 0.5) is 11.4 Å². The Balaban J connectivity index is 1.11. The molecule has 4 aliphatic rings. The first-order valence-corrected chi connectivity index (χ1v) is 17.3. The summed E-state index contributed by atoms with van der Waals surface area (Å²) in [5, 5.41) is 5.48. The summed E-state index contributed by atoms with van der Waals surface area (Å²) < 4.78 is 1.65. The zero-order valence-electron chi connectivity index (χ0n) is 26.8. The number of anilines is 2. The number of aromatic nitrogens is 2. The van der Waals surface area contributed by atoms with Crippen molar-refractivity contribution in [3.05, 3.63) is 99.0 Å². The van der Waals surface area contributed by atoms with Crippen molar-refractivity contribution in [1.29, 1.82) is 0 Å². The lowest BCUT2D eigenvalue weighted by atomic mass is 9.45. The Morgan fingerprint density at radius 1 is 1.00 bits per heavy atom. The van der Waals surface area contributed by atoms with Gasteiger partial charge in [0.25, 0.3) is 5.56 Å². The molecule has 0 amide bonds. The lowest BCUT2D eigenvalue weighted by Crippen LogP contribution is -2.57. The summed E-state index contributed by atoms with van der Waals surface area (Å²) in [7, 11) is 0. The maximum absolute atomic E-state index is 13.4. The molecule has 9 heteroatoms. The van der Waals surface area contributed by atoms with Gasteiger partial charge in [0.05, 0.1) is 23.3 Å². The fourth-order valence-electron chi connectivity index (χ4n) is 7.95. The first-order chi connectivity index (χ1) is 22.2. The van der Waals surface area contributed by atoms with Crippen molar-refractivity contribution in [3.63, 3.8) is 0 Å². The molecule has 1 N–H and O–H groups in total. The second-order valence-corrected chi connectivity index (χ2v) is 14.7. The van der Waals surface area contributed by atoms with Crippen molar-refractivity contribution >= 4 is 51.4 Å². The minimum Gasteiger partial charge on any atom is -0.368 e. The minimum atomic E-state index is -0.0644. The van der Waals surface area contributed by atoms with Crippen molar-refractivity contribution < 1.29 is 0 Å². The van der Waals surface area contributed by atoms with Crippen LogP contribution in [-0.2, 0) is 13.0 Å². The SMILES string of the molecule is C[C@@H]1[C@@H](N=C(Nc2ccc3c(=O)n(CCc4ccc(Cl)cc4Cl)cnc3c2)N2CCN(c3ccccc3)CC2)C[C@@H]2C[C@H]1C2(C)C. The third-order valence-corrected chi connectivity index (χ3v) is 11.6. The Bertz CT molecular complexity index is 1810. The highest BCUT2D eigenvalue weighted by Gasteiger charge is 2.56. The topological polar surface area (TPSA) is 65.8 Å². The zero-order valence-corrected chi connectivity index (χ0v) is 28.3. The van der Waals surface area contributed by atoms with E-state index in [1.54, 1.807) is 17.0 Å². The Hall–Kier alpha value is -3.55. The predicted octanol–water partition coefficient (Wildman–Crippen LogP) is 7.61. The number of piperazine rings is 1. The van der Waals surface area contributed by atoms with Crippen LogP contribution in [0.1, 0.15) is 39.2 Å². The second-order valence-electron chi connectivity index (χ2n) is 13.9. The molecule has 3 aromatic carbocycles. The molecule has 3 aliphatic carbocycles. The van der Waals surface area contributed by atoms with Crippen LogP contribution in [0.2, 0.25) is 10.0 Å². The molecule has 0 unspecified atom stereocenters. The third-order valence-electron chi connectivity index (χ3n) is 11.0. The first kappa shape index (κ1) is 31.1. The van der Waals surface area contributed by atoms with E-state index >= 15 is 0 Å². The molecule has 2 bridgehead atoms. The number of aryl methyl sites for hydroxylation is 2. The number of fused-ring (bicyclic) bond motifs is 3. The van der Waals surface area contributed by atoms with E-state index in [0.717, 1.165) is 61.6 Å². The summed E-state index contributed by atoms with van der Waals surface area (Å²) in [5.74, 6) is 2.93. The quantitative estimate of drug-likeness (QED) is 0.171. The summed E-state index contributed by atoms with van der Waals surface area (Å²) >= 11 is 12.4. The van der Waals surface area contributed by atoms with E-state index < -0.39 is 0 Å². The number of halogens is 2. The molecular formula is C37H42Cl2N6O. The van der Waals surface area contributed by atoms with Gasteiger partial charge in [-0.05, 0) is 90.5 Å². The molecule has 8 rings (SSSR count). The molecule has 0 spiro atoms. The van der Waals surface area contributed by atoms with Crippen LogP contribution < -0.4 is 15.8 Å². The Labute approximate surface area is 281 Å². The van der Waals surface area contributed by atoms with Gasteiger partial charge in [0.2, 0.25) is 0 Å². The van der Waals surface area contributed by atoms with E-state index in [-0.39, 0.29) is 5.56 Å². The number of nitrogens with one attached hydrogen (secondary N) is 1. The van der Waals surface area contributed by atoms with Crippen LogP contribution in [0.25, 0.3) is 10.9 Å². The van der Waals surface area contributed by atoms with Crippen molar-refractivity contribution in [1.82, 2.24) is 14.5 Å². The molecular weight excluding hydrogens is 615 g/mol. The lowest BCUT2D eigenvalue weighted by molar-refractivity contribution is -0.108. The molecule has 3 saturated carbocycles. The van der Waals surface area contributed by atoms with Crippen LogP contribution >= 0.6 is 23.2 Å². The van der Waals surface area contributed by atoms with Gasteiger partial charge in [-0.3, -0.25) is 9.36 Å². The Morgan fingerprint density at radius 2 is 1.78 bits per heavy atom. The molecule has 1 aromatic heterocycles. The van der Waals surface area contributed by atoms with Gasteiger partial charge in [-0.2, -0.15) is 0 Å². The van der Waals surface area contributed by atoms with E-state index in [1.807, 2.05) is 30.3 Å². The number of aliphatic imine (C=N–C) groups is 1. The monoisotopic (exact) mass is 656 g/mol. The number of guanidine groups is 1. The minimum absolute atomic E-state index is 0.0644. The van der Waals surface area contributed by atoms with Gasteiger partial charge in [0.15, 0.2) is 5.96 Å². The van der Waals surface area contributed by atoms with Gasteiger partial charge in [0, 0.05) is 54.1 Å². The van der Waals surface area contributed by atoms with Gasteiger partial charge >= 0.3 is 0 Å². The normalized spacial score (nSPS) is 24.2. The average Bonchev–Trinajstić information content (AvgIpc) is 3.06. The van der Waals surface area contributed by atoms with E-state index in [2.05, 4.69) is 71.2 Å². The van der Waals surface area contributed by atoms with E-state index in [4.69, 9.17) is 28.2 Å². The highest BCUT2D eigenvalue weighted by Crippen LogP contribution is 2.61. The Kier molecular flexibility index (Phi) is 8.49. The van der Waals surface area contributed by atoms with E-state index in [1.165, 1.54) is 12.1 Å². The molecule has 7 nitrogen and oxygen atoms in total. The summed E-state index contributed by atoms with van der Waals surface area (Å²) in [4.78, 5) is 28.4. The zero-order chi connectivity index (χ0) is 32.0. The van der Waals surface area contributed by atoms with Crippen molar-refractivity contribution in [3.8, 4) is 0 Å². The number of hydrogen-bond donors (Lipinski definition) is 1. The number of benzene rings is 3. The highest BCUT2D eigenvalue weighted by molar-refractivity contribution is 6.35. The maximum Gasteiger partial charge on any atom is 0.261 e.